The number of aryl methyl sites for hydroxylation is 3. The maximum atomic E-state index is 12.4. The van der Waals surface area contributed by atoms with Crippen LogP contribution in [0.5, 0.6) is 0 Å². The Morgan fingerprint density at radius 1 is 1.04 bits per heavy atom. The third kappa shape index (κ3) is 3.21. The molecule has 3 aromatic rings. The molecule has 3 nitrogen and oxygen atoms in total. The summed E-state index contributed by atoms with van der Waals surface area (Å²) in [6, 6.07) is 6.29. The zero-order valence-corrected chi connectivity index (χ0v) is 15.2. The number of nitrogens with zero attached hydrogens (tertiary/aromatic N) is 1. The molecule has 2 aromatic heterocycles. The molecule has 2 heterocycles. The molecule has 1 N–H and O–H groups in total. The number of thiophene rings is 1. The van der Waals surface area contributed by atoms with Gasteiger partial charge in [0.05, 0.1) is 11.3 Å². The predicted octanol–water partition coefficient (Wildman–Crippen LogP) is 5.36. The highest BCUT2D eigenvalue weighted by Crippen LogP contribution is 2.27. The van der Waals surface area contributed by atoms with Crippen LogP contribution in [0.15, 0.2) is 29.0 Å². The molecule has 0 spiro atoms. The molecule has 0 aliphatic rings. The van der Waals surface area contributed by atoms with E-state index in [1.165, 1.54) is 27.3 Å². The third-order valence-electron chi connectivity index (χ3n) is 4.06. The van der Waals surface area contributed by atoms with Crippen molar-refractivity contribution in [1.82, 2.24) is 4.98 Å². The summed E-state index contributed by atoms with van der Waals surface area (Å²) in [7, 11) is 0. The molecule has 0 saturated carbocycles. The lowest BCUT2D eigenvalue weighted by Crippen LogP contribution is -2.12. The van der Waals surface area contributed by atoms with Gasteiger partial charge in [0.25, 0.3) is 5.91 Å². The molecular formula is C18H18N2OS2. The fraction of sp³-hybridized carbons (Fsp3) is 0.222. The minimum absolute atomic E-state index is 0.0900. The highest BCUT2D eigenvalue weighted by atomic mass is 32.1. The van der Waals surface area contributed by atoms with Gasteiger partial charge in [0.1, 0.15) is 0 Å². The number of hydrogen-bond donors (Lipinski definition) is 1. The van der Waals surface area contributed by atoms with Gasteiger partial charge in [0, 0.05) is 21.2 Å². The first-order chi connectivity index (χ1) is 11.0. The summed E-state index contributed by atoms with van der Waals surface area (Å²) in [5, 5.41) is 7.41. The van der Waals surface area contributed by atoms with Crippen molar-refractivity contribution in [1.29, 1.82) is 0 Å². The number of rotatable bonds is 3. The van der Waals surface area contributed by atoms with Crippen LogP contribution in [0.25, 0.3) is 11.3 Å². The maximum Gasteiger partial charge on any atom is 0.258 e. The minimum atomic E-state index is -0.0900. The van der Waals surface area contributed by atoms with Gasteiger partial charge >= 0.3 is 0 Å². The number of thiazole rings is 1. The largest absolute Gasteiger partial charge is 0.298 e. The van der Waals surface area contributed by atoms with Gasteiger partial charge in [-0.2, -0.15) is 0 Å². The van der Waals surface area contributed by atoms with E-state index in [0.717, 1.165) is 22.4 Å². The molecule has 23 heavy (non-hydrogen) atoms. The molecule has 0 atom stereocenters. The van der Waals surface area contributed by atoms with Crippen molar-refractivity contribution in [2.24, 2.45) is 0 Å². The van der Waals surface area contributed by atoms with E-state index in [1.807, 2.05) is 24.6 Å². The molecule has 3 rings (SSSR count). The van der Waals surface area contributed by atoms with E-state index in [-0.39, 0.29) is 5.91 Å². The van der Waals surface area contributed by atoms with Crippen molar-refractivity contribution in [3.63, 3.8) is 0 Å². The summed E-state index contributed by atoms with van der Waals surface area (Å²) in [5.41, 5.74) is 6.25. The van der Waals surface area contributed by atoms with Crippen molar-refractivity contribution in [2.45, 2.75) is 27.7 Å². The molecule has 1 amide bonds. The topological polar surface area (TPSA) is 42.0 Å². The van der Waals surface area contributed by atoms with Gasteiger partial charge in [-0.15, -0.1) is 22.7 Å². The number of carbonyl (C=O) groups is 1. The van der Waals surface area contributed by atoms with Crippen LogP contribution < -0.4 is 5.32 Å². The predicted molar refractivity (Wildman–Crippen MR) is 98.8 cm³/mol. The maximum absolute atomic E-state index is 12.4. The molecule has 0 unspecified atom stereocenters. The second-order valence-electron chi connectivity index (χ2n) is 5.62. The Labute approximate surface area is 144 Å². The second kappa shape index (κ2) is 6.26. The van der Waals surface area contributed by atoms with Crippen molar-refractivity contribution in [2.75, 3.05) is 5.32 Å². The van der Waals surface area contributed by atoms with E-state index in [0.29, 0.717) is 5.13 Å². The van der Waals surface area contributed by atoms with Gasteiger partial charge in [-0.3, -0.25) is 10.1 Å². The van der Waals surface area contributed by atoms with Crippen LogP contribution in [0.2, 0.25) is 0 Å². The van der Waals surface area contributed by atoms with Crippen molar-refractivity contribution < 1.29 is 4.79 Å². The summed E-state index contributed by atoms with van der Waals surface area (Å²) in [5.74, 6) is -0.0900. The van der Waals surface area contributed by atoms with Crippen LogP contribution in [-0.4, -0.2) is 10.9 Å². The SMILES string of the molecule is Cc1ccc(-c2csc(NC(=O)c3csc(C)c3C)n2)cc1C. The van der Waals surface area contributed by atoms with Gasteiger partial charge in [-0.05, 0) is 50.5 Å². The first-order valence-electron chi connectivity index (χ1n) is 7.35. The second-order valence-corrected chi connectivity index (χ2v) is 7.56. The quantitative estimate of drug-likeness (QED) is 0.696. The number of aromatic nitrogens is 1. The summed E-state index contributed by atoms with van der Waals surface area (Å²) in [4.78, 5) is 18.1. The summed E-state index contributed by atoms with van der Waals surface area (Å²) < 4.78 is 0. The Morgan fingerprint density at radius 3 is 2.48 bits per heavy atom. The van der Waals surface area contributed by atoms with E-state index >= 15 is 0 Å². The van der Waals surface area contributed by atoms with E-state index in [9.17, 15) is 4.79 Å². The normalized spacial score (nSPS) is 10.8. The van der Waals surface area contributed by atoms with E-state index in [2.05, 4.69) is 42.3 Å². The van der Waals surface area contributed by atoms with Crippen molar-refractivity contribution in [3.05, 3.63) is 56.1 Å². The molecular weight excluding hydrogens is 324 g/mol. The van der Waals surface area contributed by atoms with E-state index in [1.54, 1.807) is 11.3 Å². The van der Waals surface area contributed by atoms with Gasteiger partial charge in [0.2, 0.25) is 0 Å². The average molecular weight is 342 g/mol. The van der Waals surface area contributed by atoms with E-state index < -0.39 is 0 Å². The van der Waals surface area contributed by atoms with Crippen molar-refractivity contribution >= 4 is 33.7 Å². The average Bonchev–Trinajstić information content (AvgIpc) is 3.10. The van der Waals surface area contributed by atoms with Crippen LogP contribution >= 0.6 is 22.7 Å². The number of amides is 1. The lowest BCUT2D eigenvalue weighted by molar-refractivity contribution is 0.102. The number of nitrogens with one attached hydrogen (secondary N) is 1. The minimum Gasteiger partial charge on any atom is -0.298 e. The van der Waals surface area contributed by atoms with Crippen molar-refractivity contribution in [3.8, 4) is 11.3 Å². The Morgan fingerprint density at radius 2 is 1.83 bits per heavy atom. The summed E-state index contributed by atoms with van der Waals surface area (Å²) >= 11 is 3.05. The zero-order valence-electron chi connectivity index (χ0n) is 13.6. The molecule has 0 saturated heterocycles. The Balaban J connectivity index is 1.80. The first-order valence-corrected chi connectivity index (χ1v) is 9.11. The van der Waals surface area contributed by atoms with Crippen LogP contribution in [0.4, 0.5) is 5.13 Å². The van der Waals surface area contributed by atoms with Crippen LogP contribution in [-0.2, 0) is 0 Å². The highest BCUT2D eigenvalue weighted by Gasteiger charge is 2.14. The van der Waals surface area contributed by atoms with Crippen LogP contribution in [0, 0.1) is 27.7 Å². The Kier molecular flexibility index (Phi) is 4.33. The molecule has 0 bridgehead atoms. The molecule has 118 valence electrons. The zero-order chi connectivity index (χ0) is 16.6. The molecule has 0 aliphatic heterocycles. The molecule has 0 aliphatic carbocycles. The van der Waals surface area contributed by atoms with Crippen LogP contribution in [0.1, 0.15) is 31.9 Å². The number of anilines is 1. The monoisotopic (exact) mass is 342 g/mol. The standard InChI is InChI=1S/C18H18N2OS2/c1-10-5-6-14(7-11(10)2)16-9-23-18(19-16)20-17(21)15-8-22-13(4)12(15)3/h5-9H,1-4H3,(H,19,20,21). The number of hydrogen-bond acceptors (Lipinski definition) is 4. The first kappa shape index (κ1) is 15.9. The van der Waals surface area contributed by atoms with Gasteiger partial charge in [-0.25, -0.2) is 4.98 Å². The van der Waals surface area contributed by atoms with E-state index in [4.69, 9.17) is 0 Å². The summed E-state index contributed by atoms with van der Waals surface area (Å²) in [6.07, 6.45) is 0. The Hall–Kier alpha value is -1.98. The van der Waals surface area contributed by atoms with Gasteiger partial charge in [0.15, 0.2) is 5.13 Å². The van der Waals surface area contributed by atoms with Gasteiger partial charge in [-0.1, -0.05) is 12.1 Å². The molecule has 5 heteroatoms. The lowest BCUT2D eigenvalue weighted by Gasteiger charge is -2.03. The smallest absolute Gasteiger partial charge is 0.258 e. The highest BCUT2D eigenvalue weighted by molar-refractivity contribution is 7.14. The van der Waals surface area contributed by atoms with Crippen LogP contribution in [0.3, 0.4) is 0 Å². The number of carbonyl (C=O) groups excluding carboxylic acids is 1. The fourth-order valence-corrected chi connectivity index (χ4v) is 3.85. The number of benzene rings is 1. The molecule has 0 radical (unpaired) electrons. The van der Waals surface area contributed by atoms with Gasteiger partial charge < -0.3 is 0 Å². The summed E-state index contributed by atoms with van der Waals surface area (Å²) in [6.45, 7) is 8.19. The molecule has 0 fully saturated rings. The molecule has 1 aromatic carbocycles. The fourth-order valence-electron chi connectivity index (χ4n) is 2.27. The lowest BCUT2D eigenvalue weighted by atomic mass is 10.1. The third-order valence-corrected chi connectivity index (χ3v) is 5.83. The Bertz CT molecular complexity index is 877.